The van der Waals surface area contributed by atoms with Gasteiger partial charge < -0.3 is 16.8 Å². The molecule has 0 aliphatic rings. The molecule has 1 amide bonds. The number of anilines is 2. The van der Waals surface area contributed by atoms with Gasteiger partial charge in [0, 0.05) is 18.4 Å². The van der Waals surface area contributed by atoms with Gasteiger partial charge in [0.25, 0.3) is 5.91 Å². The molecule has 2 aromatic heterocycles. The summed E-state index contributed by atoms with van der Waals surface area (Å²) in [4.78, 5) is 15.4. The van der Waals surface area contributed by atoms with Crippen LogP contribution in [0.2, 0.25) is 0 Å². The number of rotatable bonds is 5. The summed E-state index contributed by atoms with van der Waals surface area (Å²) < 4.78 is 1.79. The fraction of sp³-hybridized carbons (Fsp3) is 0.250. The van der Waals surface area contributed by atoms with Crippen molar-refractivity contribution in [2.24, 2.45) is 5.73 Å². The molecule has 2 heterocycles. The van der Waals surface area contributed by atoms with Gasteiger partial charge in [-0.15, -0.1) is 0 Å². The summed E-state index contributed by atoms with van der Waals surface area (Å²) >= 11 is 0. The summed E-state index contributed by atoms with van der Waals surface area (Å²) in [5, 5.41) is 7.24. The SMILES string of the molecule is CC(Cn1cccn1)Nc1ncc(N)cc1C(N)=O. The van der Waals surface area contributed by atoms with Crippen LogP contribution in [0.15, 0.2) is 30.7 Å². The number of pyridine rings is 1. The molecular formula is C12H16N6O. The molecule has 7 heteroatoms. The first kappa shape index (κ1) is 12.9. The number of carbonyl (C=O) groups excluding carboxylic acids is 1. The second-order valence-electron chi connectivity index (χ2n) is 4.30. The molecule has 2 rings (SSSR count). The largest absolute Gasteiger partial charge is 0.397 e. The van der Waals surface area contributed by atoms with E-state index in [-0.39, 0.29) is 11.6 Å². The molecule has 0 saturated heterocycles. The zero-order valence-electron chi connectivity index (χ0n) is 10.6. The fourth-order valence-electron chi connectivity index (χ4n) is 1.75. The Kier molecular flexibility index (Phi) is 3.65. The molecule has 0 aliphatic heterocycles. The van der Waals surface area contributed by atoms with Crippen molar-refractivity contribution in [2.75, 3.05) is 11.1 Å². The smallest absolute Gasteiger partial charge is 0.252 e. The van der Waals surface area contributed by atoms with Crippen molar-refractivity contribution in [2.45, 2.75) is 19.5 Å². The number of carbonyl (C=O) groups is 1. The summed E-state index contributed by atoms with van der Waals surface area (Å²) in [5.41, 5.74) is 11.6. The maximum Gasteiger partial charge on any atom is 0.252 e. The Hall–Kier alpha value is -2.57. The van der Waals surface area contributed by atoms with Crippen molar-refractivity contribution in [1.29, 1.82) is 0 Å². The molecule has 0 spiro atoms. The van der Waals surface area contributed by atoms with Gasteiger partial charge in [-0.05, 0) is 19.1 Å². The van der Waals surface area contributed by atoms with Crippen molar-refractivity contribution >= 4 is 17.4 Å². The highest BCUT2D eigenvalue weighted by Crippen LogP contribution is 2.16. The quantitative estimate of drug-likeness (QED) is 0.723. The zero-order valence-corrected chi connectivity index (χ0v) is 10.6. The molecular weight excluding hydrogens is 244 g/mol. The Bertz CT molecular complexity index is 566. The van der Waals surface area contributed by atoms with Gasteiger partial charge in [-0.2, -0.15) is 5.10 Å². The molecule has 0 radical (unpaired) electrons. The van der Waals surface area contributed by atoms with E-state index < -0.39 is 5.91 Å². The minimum absolute atomic E-state index is 0.0362. The van der Waals surface area contributed by atoms with Gasteiger partial charge >= 0.3 is 0 Å². The minimum atomic E-state index is -0.561. The number of aromatic nitrogens is 3. The second-order valence-corrected chi connectivity index (χ2v) is 4.30. The van der Waals surface area contributed by atoms with Crippen molar-refractivity contribution in [1.82, 2.24) is 14.8 Å². The third-order valence-corrected chi connectivity index (χ3v) is 2.58. The first-order valence-electron chi connectivity index (χ1n) is 5.85. The lowest BCUT2D eigenvalue weighted by molar-refractivity contribution is 0.100. The number of amides is 1. The van der Waals surface area contributed by atoms with E-state index in [1.165, 1.54) is 12.3 Å². The van der Waals surface area contributed by atoms with Gasteiger partial charge in [0.05, 0.1) is 24.0 Å². The Morgan fingerprint density at radius 1 is 1.58 bits per heavy atom. The Labute approximate surface area is 110 Å². The monoisotopic (exact) mass is 260 g/mol. The molecule has 100 valence electrons. The summed E-state index contributed by atoms with van der Waals surface area (Å²) in [6, 6.07) is 3.40. The summed E-state index contributed by atoms with van der Waals surface area (Å²) in [6.07, 6.45) is 5.06. The van der Waals surface area contributed by atoms with Crippen molar-refractivity contribution < 1.29 is 4.79 Å². The highest BCUT2D eigenvalue weighted by atomic mass is 16.1. The van der Waals surface area contributed by atoms with Gasteiger partial charge in [-0.3, -0.25) is 9.48 Å². The van der Waals surface area contributed by atoms with Crippen LogP contribution in [0.3, 0.4) is 0 Å². The van der Waals surface area contributed by atoms with Gasteiger partial charge in [-0.1, -0.05) is 0 Å². The summed E-state index contributed by atoms with van der Waals surface area (Å²) in [6.45, 7) is 2.61. The Balaban J connectivity index is 2.12. The highest BCUT2D eigenvalue weighted by molar-refractivity contribution is 5.98. The van der Waals surface area contributed by atoms with Gasteiger partial charge in [-0.25, -0.2) is 4.98 Å². The fourth-order valence-corrected chi connectivity index (χ4v) is 1.75. The number of hydrogen-bond donors (Lipinski definition) is 3. The number of nitrogens with two attached hydrogens (primary N) is 2. The third kappa shape index (κ3) is 3.21. The Morgan fingerprint density at radius 2 is 2.37 bits per heavy atom. The van der Waals surface area contributed by atoms with E-state index in [4.69, 9.17) is 11.5 Å². The van der Waals surface area contributed by atoms with E-state index in [0.29, 0.717) is 18.1 Å². The molecule has 1 atom stereocenters. The normalized spacial score (nSPS) is 12.1. The summed E-state index contributed by atoms with van der Waals surface area (Å²) in [5.74, 6) is -0.130. The lowest BCUT2D eigenvalue weighted by atomic mass is 10.2. The van der Waals surface area contributed by atoms with E-state index >= 15 is 0 Å². The van der Waals surface area contributed by atoms with Crippen molar-refractivity contribution in [3.05, 3.63) is 36.3 Å². The molecule has 0 saturated carbocycles. The molecule has 19 heavy (non-hydrogen) atoms. The van der Waals surface area contributed by atoms with E-state index in [1.807, 2.05) is 19.2 Å². The van der Waals surface area contributed by atoms with Crippen LogP contribution >= 0.6 is 0 Å². The van der Waals surface area contributed by atoms with Crippen molar-refractivity contribution in [3.8, 4) is 0 Å². The topological polar surface area (TPSA) is 112 Å². The number of nitrogens with one attached hydrogen (secondary N) is 1. The molecule has 7 nitrogen and oxygen atoms in total. The van der Waals surface area contributed by atoms with Gasteiger partial charge in [0.1, 0.15) is 5.82 Å². The van der Waals surface area contributed by atoms with Crippen LogP contribution in [0.4, 0.5) is 11.5 Å². The maximum absolute atomic E-state index is 11.3. The molecule has 0 aliphatic carbocycles. The van der Waals surface area contributed by atoms with Gasteiger partial charge in [0.15, 0.2) is 0 Å². The van der Waals surface area contributed by atoms with Crippen LogP contribution in [0, 0.1) is 0 Å². The van der Waals surface area contributed by atoms with Crippen LogP contribution in [-0.2, 0) is 6.54 Å². The van der Waals surface area contributed by atoms with Crippen LogP contribution in [0.5, 0.6) is 0 Å². The molecule has 1 unspecified atom stereocenters. The first-order valence-corrected chi connectivity index (χ1v) is 5.85. The lowest BCUT2D eigenvalue weighted by Gasteiger charge is -2.16. The number of nitrogens with zero attached hydrogens (tertiary/aromatic N) is 3. The second kappa shape index (κ2) is 5.38. The van der Waals surface area contributed by atoms with E-state index in [1.54, 1.807) is 10.9 Å². The van der Waals surface area contributed by atoms with Gasteiger partial charge in [0.2, 0.25) is 0 Å². The number of primary amides is 1. The molecule has 0 aromatic carbocycles. The van der Waals surface area contributed by atoms with Crippen LogP contribution in [0.25, 0.3) is 0 Å². The average Bonchev–Trinajstić information content (AvgIpc) is 2.83. The predicted molar refractivity (Wildman–Crippen MR) is 72.5 cm³/mol. The average molecular weight is 260 g/mol. The molecule has 2 aromatic rings. The standard InChI is InChI=1S/C12H16N6O/c1-8(7-18-4-2-3-16-18)17-12-10(11(14)19)5-9(13)6-15-12/h2-6,8H,7,13H2,1H3,(H2,14,19)(H,15,17). The Morgan fingerprint density at radius 3 is 3.00 bits per heavy atom. The molecule has 0 fully saturated rings. The van der Waals surface area contributed by atoms with Crippen LogP contribution in [-0.4, -0.2) is 26.7 Å². The van der Waals surface area contributed by atoms with E-state index in [0.717, 1.165) is 0 Å². The summed E-state index contributed by atoms with van der Waals surface area (Å²) in [7, 11) is 0. The lowest BCUT2D eigenvalue weighted by Crippen LogP contribution is -2.25. The third-order valence-electron chi connectivity index (χ3n) is 2.58. The first-order chi connectivity index (χ1) is 9.06. The molecule has 0 bridgehead atoms. The highest BCUT2D eigenvalue weighted by Gasteiger charge is 2.12. The number of hydrogen-bond acceptors (Lipinski definition) is 5. The van der Waals surface area contributed by atoms with Crippen LogP contribution in [0.1, 0.15) is 17.3 Å². The minimum Gasteiger partial charge on any atom is -0.397 e. The number of nitrogen functional groups attached to an aromatic ring is 1. The van der Waals surface area contributed by atoms with Crippen molar-refractivity contribution in [3.63, 3.8) is 0 Å². The molecule has 5 N–H and O–H groups in total. The predicted octanol–water partition coefficient (Wildman–Crippen LogP) is 0.460. The van der Waals surface area contributed by atoms with E-state index in [9.17, 15) is 4.79 Å². The zero-order chi connectivity index (χ0) is 13.8. The maximum atomic E-state index is 11.3. The van der Waals surface area contributed by atoms with Crippen LogP contribution < -0.4 is 16.8 Å². The van der Waals surface area contributed by atoms with E-state index in [2.05, 4.69) is 15.4 Å².